The van der Waals surface area contributed by atoms with Crippen LogP contribution in [0.1, 0.15) is 32.1 Å². The third-order valence-electron chi connectivity index (χ3n) is 3.17. The molecule has 0 aromatic rings. The Morgan fingerprint density at radius 2 is 2.06 bits per heavy atom. The van der Waals surface area contributed by atoms with Crippen LogP contribution in [-0.2, 0) is 10.0 Å². The lowest BCUT2D eigenvalue weighted by molar-refractivity contribution is 0.287. The first-order valence-electron chi connectivity index (χ1n) is 6.21. The van der Waals surface area contributed by atoms with Crippen LogP contribution in [0.15, 0.2) is 0 Å². The lowest BCUT2D eigenvalue weighted by Crippen LogP contribution is -2.34. The molecule has 1 N–H and O–H groups in total. The minimum absolute atomic E-state index is 0.0735. The summed E-state index contributed by atoms with van der Waals surface area (Å²) in [7, 11) is -3.10. The van der Waals surface area contributed by atoms with Gasteiger partial charge in [-0.05, 0) is 38.4 Å². The van der Waals surface area contributed by atoms with Crippen LogP contribution in [0.25, 0.3) is 0 Å². The van der Waals surface area contributed by atoms with E-state index in [0.717, 1.165) is 19.3 Å². The van der Waals surface area contributed by atoms with E-state index in [4.69, 9.17) is 5.11 Å². The summed E-state index contributed by atoms with van der Waals surface area (Å²) in [6, 6.07) is 0. The zero-order valence-electron chi connectivity index (χ0n) is 10.5. The molecule has 102 valence electrons. The summed E-state index contributed by atoms with van der Waals surface area (Å²) in [5.41, 5.74) is 0. The molecule has 1 atom stereocenters. The van der Waals surface area contributed by atoms with Crippen LogP contribution in [-0.4, -0.2) is 54.8 Å². The number of unbranched alkanes of at least 4 members (excludes halogenated alkanes) is 1. The quantitative estimate of drug-likeness (QED) is 0.746. The topological polar surface area (TPSA) is 57.6 Å². The van der Waals surface area contributed by atoms with Gasteiger partial charge >= 0.3 is 0 Å². The zero-order valence-corrected chi connectivity index (χ0v) is 12.1. The van der Waals surface area contributed by atoms with E-state index in [9.17, 15) is 8.42 Å². The lowest BCUT2D eigenvalue weighted by atomic mass is 10.2. The maximum Gasteiger partial charge on any atom is 0.214 e. The van der Waals surface area contributed by atoms with Gasteiger partial charge < -0.3 is 5.11 Å². The second-order valence-corrected chi connectivity index (χ2v) is 7.66. The van der Waals surface area contributed by atoms with E-state index in [-0.39, 0.29) is 12.4 Å². The molecular weight excluding hydrogens is 258 g/mol. The summed E-state index contributed by atoms with van der Waals surface area (Å²) in [5, 5.41) is 9.28. The SMILES string of the molecule is CSC1CCCN(S(=O)(=O)CCCCO)CC1. The van der Waals surface area contributed by atoms with E-state index in [1.54, 1.807) is 4.31 Å². The molecule has 0 radical (unpaired) electrons. The second-order valence-electron chi connectivity index (χ2n) is 4.43. The first-order chi connectivity index (χ1) is 8.10. The fourth-order valence-electron chi connectivity index (χ4n) is 2.08. The molecule has 0 spiro atoms. The van der Waals surface area contributed by atoms with Gasteiger partial charge in [-0.3, -0.25) is 0 Å². The molecule has 1 heterocycles. The van der Waals surface area contributed by atoms with Crippen molar-refractivity contribution in [1.82, 2.24) is 4.31 Å². The summed E-state index contributed by atoms with van der Waals surface area (Å²) in [5.74, 6) is 0.178. The predicted molar refractivity (Wildman–Crippen MR) is 72.8 cm³/mol. The maximum atomic E-state index is 12.0. The monoisotopic (exact) mass is 281 g/mol. The molecule has 1 saturated heterocycles. The van der Waals surface area contributed by atoms with Crippen LogP contribution in [0.5, 0.6) is 0 Å². The van der Waals surface area contributed by atoms with Crippen LogP contribution in [0.4, 0.5) is 0 Å². The van der Waals surface area contributed by atoms with Gasteiger partial charge in [-0.1, -0.05) is 0 Å². The summed E-state index contributed by atoms with van der Waals surface area (Å²) in [4.78, 5) is 0. The Morgan fingerprint density at radius 3 is 2.71 bits per heavy atom. The molecule has 17 heavy (non-hydrogen) atoms. The third kappa shape index (κ3) is 5.16. The number of sulfonamides is 1. The van der Waals surface area contributed by atoms with Crippen molar-refractivity contribution in [2.75, 3.05) is 31.7 Å². The molecule has 1 fully saturated rings. The first kappa shape index (κ1) is 15.3. The number of hydrogen-bond acceptors (Lipinski definition) is 4. The van der Waals surface area contributed by atoms with Gasteiger partial charge in [0, 0.05) is 24.9 Å². The van der Waals surface area contributed by atoms with Gasteiger partial charge in [0.1, 0.15) is 0 Å². The van der Waals surface area contributed by atoms with Crippen molar-refractivity contribution in [3.63, 3.8) is 0 Å². The Hall–Kier alpha value is 0.220. The maximum absolute atomic E-state index is 12.0. The molecule has 0 bridgehead atoms. The Bertz CT molecular complexity index is 306. The van der Waals surface area contributed by atoms with Crippen molar-refractivity contribution in [3.8, 4) is 0 Å². The summed E-state index contributed by atoms with van der Waals surface area (Å²) in [6.45, 7) is 1.40. The van der Waals surface area contributed by atoms with Gasteiger partial charge in [-0.25, -0.2) is 12.7 Å². The summed E-state index contributed by atoms with van der Waals surface area (Å²) in [6.07, 6.45) is 6.26. The number of hydrogen-bond donors (Lipinski definition) is 1. The molecule has 1 unspecified atom stereocenters. The number of aliphatic hydroxyl groups is 1. The van der Waals surface area contributed by atoms with E-state index in [1.165, 1.54) is 0 Å². The van der Waals surface area contributed by atoms with Gasteiger partial charge in [-0.15, -0.1) is 0 Å². The largest absolute Gasteiger partial charge is 0.396 e. The van der Waals surface area contributed by atoms with Gasteiger partial charge in [0.15, 0.2) is 0 Å². The molecule has 0 aliphatic carbocycles. The Balaban J connectivity index is 2.47. The Labute approximate surface area is 109 Å². The van der Waals surface area contributed by atoms with Crippen LogP contribution in [0, 0.1) is 0 Å². The van der Waals surface area contributed by atoms with E-state index >= 15 is 0 Å². The molecule has 0 aromatic carbocycles. The average Bonchev–Trinajstić information content (AvgIpc) is 2.54. The van der Waals surface area contributed by atoms with E-state index < -0.39 is 10.0 Å². The third-order valence-corrected chi connectivity index (χ3v) is 6.27. The predicted octanol–water partition coefficient (Wildman–Crippen LogP) is 1.31. The van der Waals surface area contributed by atoms with Crippen molar-refractivity contribution in [2.24, 2.45) is 0 Å². The van der Waals surface area contributed by atoms with Gasteiger partial charge in [0.05, 0.1) is 5.75 Å². The van der Waals surface area contributed by atoms with E-state index in [2.05, 4.69) is 6.26 Å². The van der Waals surface area contributed by atoms with Crippen molar-refractivity contribution < 1.29 is 13.5 Å². The highest BCUT2D eigenvalue weighted by molar-refractivity contribution is 7.99. The molecule has 6 heteroatoms. The smallest absolute Gasteiger partial charge is 0.214 e. The van der Waals surface area contributed by atoms with E-state index in [0.29, 0.717) is 31.2 Å². The second kappa shape index (κ2) is 7.61. The number of nitrogens with zero attached hydrogens (tertiary/aromatic N) is 1. The zero-order chi connectivity index (χ0) is 12.7. The van der Waals surface area contributed by atoms with Crippen molar-refractivity contribution >= 4 is 21.8 Å². The van der Waals surface area contributed by atoms with Crippen LogP contribution >= 0.6 is 11.8 Å². The fourth-order valence-corrected chi connectivity index (χ4v) is 4.44. The normalized spacial score (nSPS) is 23.5. The average molecular weight is 281 g/mol. The number of thioether (sulfide) groups is 1. The van der Waals surface area contributed by atoms with Gasteiger partial charge in [0.2, 0.25) is 10.0 Å². The van der Waals surface area contributed by atoms with Crippen molar-refractivity contribution in [2.45, 2.75) is 37.4 Å². The van der Waals surface area contributed by atoms with E-state index in [1.807, 2.05) is 11.8 Å². The molecule has 0 saturated carbocycles. The molecular formula is C11H23NO3S2. The Morgan fingerprint density at radius 1 is 1.29 bits per heavy atom. The van der Waals surface area contributed by atoms with Crippen molar-refractivity contribution in [3.05, 3.63) is 0 Å². The minimum Gasteiger partial charge on any atom is -0.396 e. The fraction of sp³-hybridized carbons (Fsp3) is 1.00. The molecule has 1 aliphatic rings. The standard InChI is InChI=1S/C11H23NO3S2/c1-16-11-5-4-7-12(8-6-11)17(14,15)10-3-2-9-13/h11,13H,2-10H2,1H3. The van der Waals surface area contributed by atoms with Gasteiger partial charge in [-0.2, -0.15) is 11.8 Å². The highest BCUT2D eigenvalue weighted by atomic mass is 32.2. The first-order valence-corrected chi connectivity index (χ1v) is 9.11. The lowest BCUT2D eigenvalue weighted by Gasteiger charge is -2.19. The van der Waals surface area contributed by atoms with Gasteiger partial charge in [0.25, 0.3) is 0 Å². The molecule has 4 nitrogen and oxygen atoms in total. The Kier molecular flexibility index (Phi) is 6.84. The highest BCUT2D eigenvalue weighted by Crippen LogP contribution is 2.22. The highest BCUT2D eigenvalue weighted by Gasteiger charge is 2.25. The molecule has 1 aliphatic heterocycles. The van der Waals surface area contributed by atoms with Crippen LogP contribution in [0.3, 0.4) is 0 Å². The number of rotatable bonds is 6. The molecule has 0 aromatic heterocycles. The molecule has 1 rings (SSSR count). The summed E-state index contributed by atoms with van der Waals surface area (Å²) >= 11 is 1.84. The van der Waals surface area contributed by atoms with Crippen molar-refractivity contribution in [1.29, 1.82) is 0 Å². The van der Waals surface area contributed by atoms with Crippen LogP contribution < -0.4 is 0 Å². The minimum atomic E-state index is -3.10. The summed E-state index contributed by atoms with van der Waals surface area (Å²) < 4.78 is 25.7. The number of aliphatic hydroxyl groups excluding tert-OH is 1. The van der Waals surface area contributed by atoms with Crippen LogP contribution in [0.2, 0.25) is 0 Å². The molecule has 0 amide bonds.